The van der Waals surface area contributed by atoms with Crippen LogP contribution in [0.2, 0.25) is 0 Å². The van der Waals surface area contributed by atoms with Crippen molar-refractivity contribution in [3.63, 3.8) is 0 Å². The van der Waals surface area contributed by atoms with Crippen molar-refractivity contribution in [2.45, 2.75) is 19.9 Å². The molecule has 148 valence electrons. The maximum absolute atomic E-state index is 5.96. The average molecular weight is 485 g/mol. The lowest BCUT2D eigenvalue weighted by Crippen LogP contribution is -2.33. The molecule has 0 bridgehead atoms. The van der Waals surface area contributed by atoms with E-state index in [9.17, 15) is 0 Å². The number of rotatable bonds is 9. The summed E-state index contributed by atoms with van der Waals surface area (Å²) in [6, 6.07) is 13.7. The number of halogens is 1. The van der Waals surface area contributed by atoms with E-state index in [1.54, 1.807) is 14.2 Å². The molecule has 3 N–H and O–H groups in total. The zero-order valence-electron chi connectivity index (χ0n) is 16.0. The average Bonchev–Trinajstić information content (AvgIpc) is 2.67. The molecule has 0 aliphatic rings. The van der Waals surface area contributed by atoms with Gasteiger partial charge < -0.3 is 25.3 Å². The second-order valence-electron chi connectivity index (χ2n) is 5.61. The fourth-order valence-electron chi connectivity index (χ4n) is 2.54. The van der Waals surface area contributed by atoms with Crippen LogP contribution in [0, 0.1) is 0 Å². The lowest BCUT2D eigenvalue weighted by atomic mass is 10.1. The standard InChI is InChI=1S/C20H27N3O3.HI/c1-4-26-17-8-6-5-7-16(17)11-12-22-20(21)23-14-15-9-10-18(24-2)19(13-15)25-3;/h5-10,13H,4,11-12,14H2,1-3H3,(H3,21,22,23);1H. The summed E-state index contributed by atoms with van der Waals surface area (Å²) in [6.45, 7) is 3.78. The maximum atomic E-state index is 5.96. The summed E-state index contributed by atoms with van der Waals surface area (Å²) >= 11 is 0. The minimum absolute atomic E-state index is 0. The fourth-order valence-corrected chi connectivity index (χ4v) is 2.54. The number of nitrogens with one attached hydrogen (secondary N) is 1. The number of benzene rings is 2. The highest BCUT2D eigenvalue weighted by molar-refractivity contribution is 14.0. The summed E-state index contributed by atoms with van der Waals surface area (Å²) in [4.78, 5) is 4.37. The number of guanidine groups is 1. The first-order valence-corrected chi connectivity index (χ1v) is 8.63. The Morgan fingerprint density at radius 3 is 2.48 bits per heavy atom. The Morgan fingerprint density at radius 2 is 1.78 bits per heavy atom. The van der Waals surface area contributed by atoms with Crippen LogP contribution in [0.4, 0.5) is 0 Å². The normalized spacial score (nSPS) is 10.7. The molecule has 6 nitrogen and oxygen atoms in total. The quantitative estimate of drug-likeness (QED) is 0.324. The van der Waals surface area contributed by atoms with Crippen LogP contribution in [-0.4, -0.2) is 33.3 Å². The Morgan fingerprint density at radius 1 is 1.04 bits per heavy atom. The van der Waals surface area contributed by atoms with Gasteiger partial charge in [0.05, 0.1) is 27.4 Å². The molecule has 0 saturated carbocycles. The lowest BCUT2D eigenvalue weighted by Gasteiger charge is -2.11. The van der Waals surface area contributed by atoms with Gasteiger partial charge in [-0.25, -0.2) is 4.99 Å². The molecule has 0 amide bonds. The zero-order chi connectivity index (χ0) is 18.8. The summed E-state index contributed by atoms with van der Waals surface area (Å²) in [5, 5.41) is 3.14. The molecule has 0 fully saturated rings. The van der Waals surface area contributed by atoms with E-state index in [2.05, 4.69) is 16.4 Å². The predicted molar refractivity (Wildman–Crippen MR) is 120 cm³/mol. The van der Waals surface area contributed by atoms with E-state index < -0.39 is 0 Å². The van der Waals surface area contributed by atoms with Crippen molar-refractivity contribution in [1.29, 1.82) is 0 Å². The Hall–Kier alpha value is -2.16. The molecule has 2 aromatic carbocycles. The molecule has 0 aliphatic carbocycles. The van der Waals surface area contributed by atoms with Crippen LogP contribution in [0.5, 0.6) is 17.2 Å². The van der Waals surface area contributed by atoms with Crippen molar-refractivity contribution in [1.82, 2.24) is 5.32 Å². The Kier molecular flexibility index (Phi) is 10.4. The second kappa shape index (κ2) is 12.3. The number of methoxy groups -OCH3 is 2. The smallest absolute Gasteiger partial charge is 0.188 e. The van der Waals surface area contributed by atoms with Crippen LogP contribution < -0.4 is 25.3 Å². The fraction of sp³-hybridized carbons (Fsp3) is 0.350. The van der Waals surface area contributed by atoms with Gasteiger partial charge in [-0.1, -0.05) is 24.3 Å². The number of nitrogens with zero attached hydrogens (tertiary/aromatic N) is 1. The third kappa shape index (κ3) is 7.16. The van der Waals surface area contributed by atoms with Gasteiger partial charge in [-0.2, -0.15) is 0 Å². The van der Waals surface area contributed by atoms with Crippen molar-refractivity contribution in [3.05, 3.63) is 53.6 Å². The zero-order valence-corrected chi connectivity index (χ0v) is 18.4. The van der Waals surface area contributed by atoms with Gasteiger partial charge in [-0.3, -0.25) is 0 Å². The Balaban J connectivity index is 0.00000364. The highest BCUT2D eigenvalue weighted by atomic mass is 127. The number of aliphatic imine (C=N–C) groups is 1. The number of hydrogen-bond donors (Lipinski definition) is 2. The molecule has 7 heteroatoms. The molecule has 27 heavy (non-hydrogen) atoms. The largest absolute Gasteiger partial charge is 0.494 e. The van der Waals surface area contributed by atoms with Crippen molar-refractivity contribution >= 4 is 29.9 Å². The first kappa shape index (κ1) is 22.9. The minimum Gasteiger partial charge on any atom is -0.494 e. The van der Waals surface area contributed by atoms with E-state index in [1.807, 2.05) is 43.3 Å². The summed E-state index contributed by atoms with van der Waals surface area (Å²) in [5.41, 5.74) is 8.10. The summed E-state index contributed by atoms with van der Waals surface area (Å²) in [7, 11) is 3.22. The van der Waals surface area contributed by atoms with Crippen LogP contribution >= 0.6 is 24.0 Å². The summed E-state index contributed by atoms with van der Waals surface area (Å²) in [5.74, 6) is 2.70. The van der Waals surface area contributed by atoms with Gasteiger partial charge in [0, 0.05) is 6.54 Å². The van der Waals surface area contributed by atoms with E-state index in [0.717, 1.165) is 23.3 Å². The van der Waals surface area contributed by atoms with Gasteiger partial charge in [0.2, 0.25) is 0 Å². The first-order valence-electron chi connectivity index (χ1n) is 8.63. The molecular weight excluding hydrogens is 457 g/mol. The van der Waals surface area contributed by atoms with Crippen molar-refractivity contribution < 1.29 is 14.2 Å². The lowest BCUT2D eigenvalue weighted by molar-refractivity contribution is 0.336. The molecule has 0 aliphatic heterocycles. The molecule has 0 saturated heterocycles. The van der Waals surface area contributed by atoms with Crippen LogP contribution in [0.15, 0.2) is 47.5 Å². The maximum Gasteiger partial charge on any atom is 0.188 e. The minimum atomic E-state index is 0. The summed E-state index contributed by atoms with van der Waals surface area (Å²) < 4.78 is 16.2. The van der Waals surface area contributed by atoms with E-state index in [1.165, 1.54) is 0 Å². The van der Waals surface area contributed by atoms with Crippen molar-refractivity contribution in [2.24, 2.45) is 10.7 Å². The molecule has 2 aromatic rings. The third-order valence-corrected chi connectivity index (χ3v) is 3.85. The van der Waals surface area contributed by atoms with Gasteiger partial charge in [-0.05, 0) is 42.7 Å². The molecule has 0 spiro atoms. The van der Waals surface area contributed by atoms with Crippen molar-refractivity contribution in [2.75, 3.05) is 27.4 Å². The highest BCUT2D eigenvalue weighted by Crippen LogP contribution is 2.27. The molecule has 0 aromatic heterocycles. The first-order chi connectivity index (χ1) is 12.7. The number of para-hydroxylation sites is 1. The third-order valence-electron chi connectivity index (χ3n) is 3.85. The molecule has 0 atom stereocenters. The highest BCUT2D eigenvalue weighted by Gasteiger charge is 2.05. The molecular formula is C20H28IN3O3. The van der Waals surface area contributed by atoms with Crippen molar-refractivity contribution in [3.8, 4) is 17.2 Å². The summed E-state index contributed by atoms with van der Waals surface area (Å²) in [6.07, 6.45) is 0.808. The topological polar surface area (TPSA) is 78.1 Å². The number of hydrogen-bond acceptors (Lipinski definition) is 4. The van der Waals surface area contributed by atoms with E-state index in [0.29, 0.717) is 37.2 Å². The van der Waals surface area contributed by atoms with Crippen LogP contribution in [0.1, 0.15) is 18.1 Å². The van der Waals surface area contributed by atoms with Gasteiger partial charge >= 0.3 is 0 Å². The van der Waals surface area contributed by atoms with Gasteiger partial charge in [0.15, 0.2) is 17.5 Å². The van der Waals surface area contributed by atoms with Crippen LogP contribution in [0.25, 0.3) is 0 Å². The number of ether oxygens (including phenoxy) is 3. The van der Waals surface area contributed by atoms with E-state index in [4.69, 9.17) is 19.9 Å². The Bertz CT molecular complexity index is 738. The van der Waals surface area contributed by atoms with Gasteiger partial charge in [0.25, 0.3) is 0 Å². The SMILES string of the molecule is CCOc1ccccc1CCNC(N)=NCc1ccc(OC)c(OC)c1.I. The van der Waals surface area contributed by atoms with E-state index in [-0.39, 0.29) is 24.0 Å². The monoisotopic (exact) mass is 485 g/mol. The van der Waals surface area contributed by atoms with Crippen LogP contribution in [-0.2, 0) is 13.0 Å². The molecule has 0 radical (unpaired) electrons. The molecule has 2 rings (SSSR count). The van der Waals surface area contributed by atoms with Crippen LogP contribution in [0.3, 0.4) is 0 Å². The second-order valence-corrected chi connectivity index (χ2v) is 5.61. The molecule has 0 unspecified atom stereocenters. The predicted octanol–water partition coefficient (Wildman–Crippen LogP) is 3.37. The Labute approximate surface area is 178 Å². The number of nitrogens with two attached hydrogens (primary N) is 1. The van der Waals surface area contributed by atoms with E-state index >= 15 is 0 Å². The van der Waals surface area contributed by atoms with Gasteiger partial charge in [-0.15, -0.1) is 24.0 Å². The molecule has 0 heterocycles. The van der Waals surface area contributed by atoms with Gasteiger partial charge in [0.1, 0.15) is 5.75 Å².